The molecule has 1 heterocycles. The van der Waals surface area contributed by atoms with Crippen LogP contribution in [0.25, 0.3) is 0 Å². The van der Waals surface area contributed by atoms with E-state index in [1.54, 1.807) is 0 Å². The lowest BCUT2D eigenvalue weighted by molar-refractivity contribution is 0.0914. The highest BCUT2D eigenvalue weighted by atomic mass is 16.1. The third-order valence-corrected chi connectivity index (χ3v) is 3.35. The quantitative estimate of drug-likeness (QED) is 0.638. The van der Waals surface area contributed by atoms with E-state index in [0.29, 0.717) is 12.0 Å². The van der Waals surface area contributed by atoms with E-state index >= 15 is 0 Å². The largest absolute Gasteiger partial charge is 0.348 e. The third kappa shape index (κ3) is 1.29. The maximum absolute atomic E-state index is 11.8. The summed E-state index contributed by atoms with van der Waals surface area (Å²) in [4.78, 5) is 11.8. The van der Waals surface area contributed by atoms with Gasteiger partial charge in [0.2, 0.25) is 0 Å². The number of allylic oxidation sites excluding steroid dienone is 1. The summed E-state index contributed by atoms with van der Waals surface area (Å²) in [5, 5.41) is 3.08. The molecule has 0 bridgehead atoms. The first-order chi connectivity index (χ1) is 7.36. The Kier molecular flexibility index (Phi) is 1.88. The number of fused-ring (bicyclic) bond motifs is 3. The van der Waals surface area contributed by atoms with Crippen molar-refractivity contribution in [2.24, 2.45) is 0 Å². The molecule has 0 saturated heterocycles. The molecule has 2 nitrogen and oxygen atoms in total. The molecule has 0 spiro atoms. The Morgan fingerprint density at radius 1 is 1.13 bits per heavy atom. The normalized spacial score (nSPS) is 27.9. The van der Waals surface area contributed by atoms with E-state index in [1.807, 2.05) is 18.2 Å². The molecule has 1 aromatic carbocycles. The minimum atomic E-state index is 0.0853. The standard InChI is InChI=1S/C13H13NO/c15-13-11-7-2-1-5-9(11)10-6-3-4-8-12(10)14-13/h1-5,7,10,12H,6,8H2,(H,14,15)/t10-,12+/m0/s1. The van der Waals surface area contributed by atoms with Crippen LogP contribution in [0.1, 0.15) is 34.7 Å². The number of benzene rings is 1. The third-order valence-electron chi connectivity index (χ3n) is 3.35. The molecule has 1 N–H and O–H groups in total. The van der Waals surface area contributed by atoms with Crippen molar-refractivity contribution in [1.82, 2.24) is 5.32 Å². The highest BCUT2D eigenvalue weighted by Crippen LogP contribution is 2.34. The Labute approximate surface area is 89.0 Å². The minimum Gasteiger partial charge on any atom is -0.348 e. The van der Waals surface area contributed by atoms with Crippen LogP contribution in [0.4, 0.5) is 0 Å². The zero-order valence-corrected chi connectivity index (χ0v) is 8.44. The monoisotopic (exact) mass is 199 g/mol. The van der Waals surface area contributed by atoms with Crippen LogP contribution in [-0.2, 0) is 0 Å². The van der Waals surface area contributed by atoms with E-state index in [9.17, 15) is 4.79 Å². The zero-order chi connectivity index (χ0) is 10.3. The molecule has 1 aliphatic heterocycles. The van der Waals surface area contributed by atoms with E-state index in [1.165, 1.54) is 5.56 Å². The average molecular weight is 199 g/mol. The van der Waals surface area contributed by atoms with Crippen molar-refractivity contribution >= 4 is 5.91 Å². The van der Waals surface area contributed by atoms with Gasteiger partial charge in [0, 0.05) is 17.5 Å². The van der Waals surface area contributed by atoms with Gasteiger partial charge in [-0.25, -0.2) is 0 Å². The van der Waals surface area contributed by atoms with Gasteiger partial charge in [-0.15, -0.1) is 0 Å². The van der Waals surface area contributed by atoms with E-state index < -0.39 is 0 Å². The number of nitrogens with one attached hydrogen (secondary N) is 1. The summed E-state index contributed by atoms with van der Waals surface area (Å²) >= 11 is 0. The molecule has 76 valence electrons. The van der Waals surface area contributed by atoms with Crippen molar-refractivity contribution in [3.63, 3.8) is 0 Å². The van der Waals surface area contributed by atoms with Crippen LogP contribution in [0.5, 0.6) is 0 Å². The second-order valence-corrected chi connectivity index (χ2v) is 4.22. The van der Waals surface area contributed by atoms with E-state index in [-0.39, 0.29) is 5.91 Å². The van der Waals surface area contributed by atoms with Crippen molar-refractivity contribution in [1.29, 1.82) is 0 Å². The Balaban J connectivity index is 2.11. The fourth-order valence-corrected chi connectivity index (χ4v) is 2.59. The second kappa shape index (κ2) is 3.23. The molecule has 2 heteroatoms. The minimum absolute atomic E-state index is 0.0853. The second-order valence-electron chi connectivity index (χ2n) is 4.22. The summed E-state index contributed by atoms with van der Waals surface area (Å²) in [6, 6.07) is 8.26. The van der Waals surface area contributed by atoms with Gasteiger partial charge in [-0.05, 0) is 24.5 Å². The maximum atomic E-state index is 11.8. The summed E-state index contributed by atoms with van der Waals surface area (Å²) < 4.78 is 0. The van der Waals surface area contributed by atoms with Crippen molar-refractivity contribution in [2.75, 3.05) is 0 Å². The lowest BCUT2D eigenvalue weighted by Crippen LogP contribution is -2.44. The Hall–Kier alpha value is -1.57. The van der Waals surface area contributed by atoms with E-state index in [4.69, 9.17) is 0 Å². The smallest absolute Gasteiger partial charge is 0.251 e. The highest BCUT2D eigenvalue weighted by Gasteiger charge is 2.32. The summed E-state index contributed by atoms with van der Waals surface area (Å²) in [5.74, 6) is 0.561. The first kappa shape index (κ1) is 8.72. The van der Waals surface area contributed by atoms with Gasteiger partial charge in [0.25, 0.3) is 5.91 Å². The van der Waals surface area contributed by atoms with Gasteiger partial charge in [0.1, 0.15) is 0 Å². The van der Waals surface area contributed by atoms with Gasteiger partial charge < -0.3 is 5.32 Å². The maximum Gasteiger partial charge on any atom is 0.251 e. The lowest BCUT2D eigenvalue weighted by atomic mass is 9.78. The highest BCUT2D eigenvalue weighted by molar-refractivity contribution is 5.97. The number of carbonyl (C=O) groups excluding carboxylic acids is 1. The van der Waals surface area contributed by atoms with Crippen LogP contribution >= 0.6 is 0 Å². The Morgan fingerprint density at radius 3 is 2.87 bits per heavy atom. The van der Waals surface area contributed by atoms with Gasteiger partial charge >= 0.3 is 0 Å². The molecule has 1 aromatic rings. The van der Waals surface area contributed by atoms with Crippen LogP contribution in [0.3, 0.4) is 0 Å². The van der Waals surface area contributed by atoms with Crippen LogP contribution in [0.2, 0.25) is 0 Å². The molecule has 1 aliphatic carbocycles. The molecule has 15 heavy (non-hydrogen) atoms. The fraction of sp³-hybridized carbons (Fsp3) is 0.308. The van der Waals surface area contributed by atoms with Crippen LogP contribution in [-0.4, -0.2) is 11.9 Å². The number of rotatable bonds is 0. The SMILES string of the molecule is O=C1N[C@@H]2CC=CC[C@H]2c2ccccc21. The molecule has 3 rings (SSSR count). The molecule has 0 saturated carbocycles. The molecular weight excluding hydrogens is 186 g/mol. The average Bonchev–Trinajstić information content (AvgIpc) is 2.30. The molecule has 0 unspecified atom stereocenters. The van der Waals surface area contributed by atoms with E-state index in [2.05, 4.69) is 23.5 Å². The van der Waals surface area contributed by atoms with Gasteiger partial charge in [0.05, 0.1) is 0 Å². The molecule has 0 fully saturated rings. The van der Waals surface area contributed by atoms with Gasteiger partial charge in [0.15, 0.2) is 0 Å². The predicted molar refractivity (Wildman–Crippen MR) is 58.8 cm³/mol. The van der Waals surface area contributed by atoms with Gasteiger partial charge in [-0.2, -0.15) is 0 Å². The summed E-state index contributed by atoms with van der Waals surface area (Å²) in [7, 11) is 0. The van der Waals surface area contributed by atoms with E-state index in [0.717, 1.165) is 18.4 Å². The van der Waals surface area contributed by atoms with Crippen molar-refractivity contribution in [3.8, 4) is 0 Å². The summed E-state index contributed by atoms with van der Waals surface area (Å²) in [6.45, 7) is 0. The van der Waals surface area contributed by atoms with Crippen LogP contribution in [0, 0.1) is 0 Å². The number of hydrogen-bond donors (Lipinski definition) is 1. The summed E-state index contributed by atoms with van der Waals surface area (Å²) in [6.07, 6.45) is 6.39. The molecule has 0 aromatic heterocycles. The number of amides is 1. The van der Waals surface area contributed by atoms with Crippen molar-refractivity contribution < 1.29 is 4.79 Å². The van der Waals surface area contributed by atoms with Gasteiger partial charge in [-0.3, -0.25) is 4.79 Å². The van der Waals surface area contributed by atoms with Crippen molar-refractivity contribution in [2.45, 2.75) is 24.8 Å². The number of carbonyl (C=O) groups is 1. The Bertz CT molecular complexity index is 436. The topological polar surface area (TPSA) is 29.1 Å². The molecule has 1 amide bonds. The number of hydrogen-bond acceptors (Lipinski definition) is 1. The molecule has 2 atom stereocenters. The predicted octanol–water partition coefficient (Wildman–Crippen LogP) is 2.23. The van der Waals surface area contributed by atoms with Crippen LogP contribution in [0.15, 0.2) is 36.4 Å². The first-order valence-electron chi connectivity index (χ1n) is 5.41. The van der Waals surface area contributed by atoms with Crippen molar-refractivity contribution in [3.05, 3.63) is 47.5 Å². The Morgan fingerprint density at radius 2 is 1.93 bits per heavy atom. The van der Waals surface area contributed by atoms with Gasteiger partial charge in [-0.1, -0.05) is 30.4 Å². The first-order valence-corrected chi connectivity index (χ1v) is 5.41. The van der Waals surface area contributed by atoms with Crippen LogP contribution < -0.4 is 5.32 Å². The fourth-order valence-electron chi connectivity index (χ4n) is 2.59. The molecule has 2 aliphatic rings. The molecule has 0 radical (unpaired) electrons. The lowest BCUT2D eigenvalue weighted by Gasteiger charge is -2.35. The zero-order valence-electron chi connectivity index (χ0n) is 8.44. The molecular formula is C13H13NO. The summed E-state index contributed by atoms with van der Waals surface area (Å²) in [5.41, 5.74) is 2.07.